The summed E-state index contributed by atoms with van der Waals surface area (Å²) in [5.74, 6) is 0.103. The van der Waals surface area contributed by atoms with Crippen molar-refractivity contribution in [2.24, 2.45) is 0 Å². The van der Waals surface area contributed by atoms with E-state index in [1.54, 1.807) is 24.3 Å². The van der Waals surface area contributed by atoms with Crippen LogP contribution in [-0.4, -0.2) is 23.4 Å². The van der Waals surface area contributed by atoms with Crippen molar-refractivity contribution in [3.63, 3.8) is 0 Å². The molecule has 5 nitrogen and oxygen atoms in total. The van der Waals surface area contributed by atoms with Crippen LogP contribution in [0.4, 0.5) is 11.4 Å². The van der Waals surface area contributed by atoms with Gasteiger partial charge in [-0.1, -0.05) is 12.1 Å². The van der Waals surface area contributed by atoms with Gasteiger partial charge in [-0.15, -0.1) is 0 Å². The van der Waals surface area contributed by atoms with Crippen molar-refractivity contribution in [2.75, 3.05) is 24.7 Å². The molecule has 0 aliphatic carbocycles. The molecular weight excluding hydrogens is 268 g/mol. The molecule has 0 bridgehead atoms. The van der Waals surface area contributed by atoms with Gasteiger partial charge in [-0.2, -0.15) is 0 Å². The van der Waals surface area contributed by atoms with Crippen molar-refractivity contribution >= 4 is 11.4 Å². The lowest BCUT2D eigenvalue weighted by atomic mass is 10.0. The lowest BCUT2D eigenvalue weighted by molar-refractivity contribution is 0.162. The van der Waals surface area contributed by atoms with Crippen molar-refractivity contribution in [1.82, 2.24) is 0 Å². The minimum atomic E-state index is 0.0514. The first kappa shape index (κ1) is 16.7. The summed E-state index contributed by atoms with van der Waals surface area (Å²) in [7, 11) is 0. The zero-order valence-electron chi connectivity index (χ0n) is 12.3. The molecule has 2 rings (SSSR count). The summed E-state index contributed by atoms with van der Waals surface area (Å²) in [5.41, 5.74) is 13.5. The van der Waals surface area contributed by atoms with E-state index in [-0.39, 0.29) is 11.5 Å². The Kier molecular flexibility index (Phi) is 6.36. The minimum Gasteiger partial charge on any atom is -0.506 e. The molecule has 0 atom stereocenters. The number of nitrogens with two attached hydrogens (primary N) is 2. The Morgan fingerprint density at radius 3 is 1.43 bits per heavy atom. The van der Waals surface area contributed by atoms with E-state index in [1.165, 1.54) is 12.1 Å². The molecule has 6 N–H and O–H groups in total. The molecule has 0 aliphatic rings. The second-order valence-corrected chi connectivity index (χ2v) is 4.33. The molecule has 5 heteroatoms. The molecule has 0 radical (unpaired) electrons. The fraction of sp³-hybridized carbons (Fsp3) is 0.250. The number of phenols is 2. The second-order valence-electron chi connectivity index (χ2n) is 4.33. The number of phenolic OH excluding ortho intramolecular Hbond substituents is 2. The number of anilines is 2. The van der Waals surface area contributed by atoms with Crippen LogP contribution in [0.15, 0.2) is 36.4 Å². The van der Waals surface area contributed by atoms with E-state index in [4.69, 9.17) is 16.2 Å². The molecule has 0 aromatic heterocycles. The van der Waals surface area contributed by atoms with Gasteiger partial charge in [0.25, 0.3) is 0 Å². The third-order valence-corrected chi connectivity index (χ3v) is 2.80. The molecular formula is C16H22N2O3. The van der Waals surface area contributed by atoms with Crippen LogP contribution in [0.25, 0.3) is 11.1 Å². The highest BCUT2D eigenvalue weighted by Crippen LogP contribution is 2.31. The maximum absolute atomic E-state index is 9.30. The third-order valence-electron chi connectivity index (χ3n) is 2.80. The molecule has 0 aliphatic heterocycles. The number of hydrogen-bond acceptors (Lipinski definition) is 5. The summed E-state index contributed by atoms with van der Waals surface area (Å²) in [5, 5.41) is 18.6. The first-order valence-electron chi connectivity index (χ1n) is 6.74. The van der Waals surface area contributed by atoms with E-state index in [0.717, 1.165) is 24.3 Å². The van der Waals surface area contributed by atoms with Crippen molar-refractivity contribution in [3.05, 3.63) is 36.4 Å². The molecule has 0 fully saturated rings. The van der Waals surface area contributed by atoms with Gasteiger partial charge in [0.1, 0.15) is 11.5 Å². The van der Waals surface area contributed by atoms with Gasteiger partial charge in [0.2, 0.25) is 0 Å². The molecule has 2 aromatic carbocycles. The van der Waals surface area contributed by atoms with E-state index >= 15 is 0 Å². The maximum atomic E-state index is 9.30. The Morgan fingerprint density at radius 2 is 1.19 bits per heavy atom. The van der Waals surface area contributed by atoms with Crippen LogP contribution in [0.3, 0.4) is 0 Å². The fourth-order valence-corrected chi connectivity index (χ4v) is 1.67. The first-order chi connectivity index (χ1) is 9.99. The monoisotopic (exact) mass is 290 g/mol. The van der Waals surface area contributed by atoms with Crippen LogP contribution in [0.5, 0.6) is 11.5 Å². The molecule has 21 heavy (non-hydrogen) atoms. The number of nitrogen functional groups attached to an aromatic ring is 2. The van der Waals surface area contributed by atoms with Gasteiger partial charge in [-0.05, 0) is 49.2 Å². The predicted molar refractivity (Wildman–Crippen MR) is 86.2 cm³/mol. The van der Waals surface area contributed by atoms with Crippen molar-refractivity contribution < 1.29 is 14.9 Å². The molecule has 114 valence electrons. The van der Waals surface area contributed by atoms with Crippen LogP contribution < -0.4 is 11.5 Å². The summed E-state index contributed by atoms with van der Waals surface area (Å²) in [4.78, 5) is 0. The Hall–Kier alpha value is -2.40. The molecule has 2 aromatic rings. The SMILES string of the molecule is CCOCC.Nc1cc(-c2ccc(O)c(N)c2)ccc1O. The smallest absolute Gasteiger partial charge is 0.138 e. The highest BCUT2D eigenvalue weighted by atomic mass is 16.5. The number of aromatic hydroxyl groups is 2. The van der Waals surface area contributed by atoms with Gasteiger partial charge in [0.05, 0.1) is 11.4 Å². The summed E-state index contributed by atoms with van der Waals surface area (Å²) in [6.07, 6.45) is 0. The van der Waals surface area contributed by atoms with Gasteiger partial charge < -0.3 is 26.4 Å². The summed E-state index contributed by atoms with van der Waals surface area (Å²) >= 11 is 0. The standard InChI is InChI=1S/C12H12N2O2.C4H10O/c13-9-5-7(1-3-11(9)15)8-2-4-12(16)10(14)6-8;1-3-5-4-2/h1-6,15-16H,13-14H2;3-4H2,1-2H3. The highest BCUT2D eigenvalue weighted by molar-refractivity contribution is 5.74. The van der Waals surface area contributed by atoms with Gasteiger partial charge in [0.15, 0.2) is 0 Å². The molecule has 0 amide bonds. The van der Waals surface area contributed by atoms with Gasteiger partial charge in [-0.25, -0.2) is 0 Å². The Labute approximate surface area is 124 Å². The van der Waals surface area contributed by atoms with Crippen LogP contribution in [-0.2, 0) is 4.74 Å². The Morgan fingerprint density at radius 1 is 0.810 bits per heavy atom. The van der Waals surface area contributed by atoms with Crippen molar-refractivity contribution in [3.8, 4) is 22.6 Å². The molecule has 0 saturated heterocycles. The number of hydrogen-bond donors (Lipinski definition) is 4. The molecule has 0 unspecified atom stereocenters. The van der Waals surface area contributed by atoms with E-state index in [9.17, 15) is 10.2 Å². The first-order valence-corrected chi connectivity index (χ1v) is 6.74. The van der Waals surface area contributed by atoms with E-state index in [2.05, 4.69) is 0 Å². The van der Waals surface area contributed by atoms with Gasteiger partial charge >= 0.3 is 0 Å². The lowest BCUT2D eigenvalue weighted by Crippen LogP contribution is -1.89. The van der Waals surface area contributed by atoms with Gasteiger partial charge in [0, 0.05) is 13.2 Å². The topological polar surface area (TPSA) is 102 Å². The third kappa shape index (κ3) is 4.89. The van der Waals surface area contributed by atoms with Gasteiger partial charge in [-0.3, -0.25) is 0 Å². The number of benzene rings is 2. The van der Waals surface area contributed by atoms with E-state index in [1.807, 2.05) is 13.8 Å². The quantitative estimate of drug-likeness (QED) is 0.514. The van der Waals surface area contributed by atoms with Crippen LogP contribution in [0, 0.1) is 0 Å². The predicted octanol–water partition coefficient (Wildman–Crippen LogP) is 2.97. The average molecular weight is 290 g/mol. The van der Waals surface area contributed by atoms with E-state index < -0.39 is 0 Å². The summed E-state index contributed by atoms with van der Waals surface area (Å²) < 4.78 is 4.83. The largest absolute Gasteiger partial charge is 0.506 e. The molecule has 0 heterocycles. The maximum Gasteiger partial charge on any atom is 0.138 e. The molecule has 0 spiro atoms. The second kappa shape index (κ2) is 8.01. The van der Waals surface area contributed by atoms with Crippen LogP contribution >= 0.6 is 0 Å². The van der Waals surface area contributed by atoms with Crippen molar-refractivity contribution in [2.45, 2.75) is 13.8 Å². The van der Waals surface area contributed by atoms with E-state index in [0.29, 0.717) is 11.4 Å². The Bertz CT molecular complexity index is 534. The lowest BCUT2D eigenvalue weighted by Gasteiger charge is -2.06. The summed E-state index contributed by atoms with van der Waals surface area (Å²) in [6, 6.07) is 9.82. The van der Waals surface area contributed by atoms with Crippen molar-refractivity contribution in [1.29, 1.82) is 0 Å². The average Bonchev–Trinajstić information content (AvgIpc) is 2.46. The molecule has 0 saturated carbocycles. The minimum absolute atomic E-state index is 0.0514. The Balaban J connectivity index is 0.000000383. The highest BCUT2D eigenvalue weighted by Gasteiger charge is 2.04. The van der Waals surface area contributed by atoms with Crippen LogP contribution in [0.1, 0.15) is 13.8 Å². The fourth-order valence-electron chi connectivity index (χ4n) is 1.67. The summed E-state index contributed by atoms with van der Waals surface area (Å²) in [6.45, 7) is 5.67. The van der Waals surface area contributed by atoms with Crippen LogP contribution in [0.2, 0.25) is 0 Å². The zero-order chi connectivity index (χ0) is 15.8. The number of ether oxygens (including phenoxy) is 1. The number of rotatable bonds is 3. The normalized spacial score (nSPS) is 9.81. The zero-order valence-corrected chi connectivity index (χ0v) is 12.3.